The minimum Gasteiger partial charge on any atom is -0.481 e. The van der Waals surface area contributed by atoms with Crippen molar-refractivity contribution in [1.29, 1.82) is 0 Å². The van der Waals surface area contributed by atoms with Crippen LogP contribution in [-0.4, -0.2) is 22.0 Å². The number of carbonyl (C=O) groups excluding carboxylic acids is 1. The summed E-state index contributed by atoms with van der Waals surface area (Å²) in [5, 5.41) is 12.3. The number of anilines is 1. The van der Waals surface area contributed by atoms with Crippen LogP contribution >= 0.6 is 11.6 Å². The van der Waals surface area contributed by atoms with Gasteiger partial charge in [0.2, 0.25) is 5.91 Å². The highest BCUT2D eigenvalue weighted by Gasteiger charge is 2.07. The average Bonchev–Trinajstić information content (AvgIpc) is 2.79. The molecule has 0 aliphatic rings. The van der Waals surface area contributed by atoms with Gasteiger partial charge < -0.3 is 10.4 Å². The molecule has 0 radical (unpaired) electrons. The normalized spacial score (nSPS) is 11.5. The fourth-order valence-electron chi connectivity index (χ4n) is 3.12. The Morgan fingerprint density at radius 2 is 1.84 bits per heavy atom. The number of halogens is 1. The molecule has 0 unspecified atom stereocenters. The number of unbranched alkanes of at least 4 members (excludes halogenated alkanes) is 1. The Balaban J connectivity index is 1.70. The lowest BCUT2D eigenvalue weighted by atomic mass is 9.97. The number of benzene rings is 2. The van der Waals surface area contributed by atoms with E-state index in [1.54, 1.807) is 30.6 Å². The Morgan fingerprint density at radius 3 is 2.53 bits per heavy atom. The predicted octanol–water partition coefficient (Wildman–Crippen LogP) is 6.07. The number of aliphatic carboxylic acids is 1. The number of carboxylic acids is 1. The predicted molar refractivity (Wildman–Crippen MR) is 128 cm³/mol. The Morgan fingerprint density at radius 1 is 1.03 bits per heavy atom. The number of nitrogens with one attached hydrogen (secondary N) is 1. The molecule has 0 aliphatic carbocycles. The summed E-state index contributed by atoms with van der Waals surface area (Å²) in [5.41, 5.74) is 4.40. The molecule has 1 aromatic heterocycles. The number of nitrogens with zero attached hydrogens (tertiary/aromatic N) is 1. The third kappa shape index (κ3) is 7.22. The van der Waals surface area contributed by atoms with Gasteiger partial charge in [-0.05, 0) is 65.9 Å². The van der Waals surface area contributed by atoms with E-state index in [9.17, 15) is 9.59 Å². The van der Waals surface area contributed by atoms with Gasteiger partial charge in [0, 0.05) is 41.2 Å². The Hall–Kier alpha value is -3.70. The van der Waals surface area contributed by atoms with E-state index in [4.69, 9.17) is 16.7 Å². The Kier molecular flexibility index (Phi) is 8.35. The van der Waals surface area contributed by atoms with Crippen molar-refractivity contribution in [2.75, 3.05) is 5.32 Å². The van der Waals surface area contributed by atoms with E-state index in [1.165, 1.54) is 6.08 Å². The summed E-state index contributed by atoms with van der Waals surface area (Å²) >= 11 is 5.96. The maximum atomic E-state index is 12.2. The highest BCUT2D eigenvalue weighted by Crippen LogP contribution is 2.25. The third-order valence-electron chi connectivity index (χ3n) is 4.66. The molecule has 0 spiro atoms. The lowest BCUT2D eigenvalue weighted by molar-refractivity contribution is -0.137. The number of carbonyl (C=O) groups is 2. The molecule has 0 aliphatic heterocycles. The number of allylic oxidation sites excluding steroid dienone is 1. The highest BCUT2D eigenvalue weighted by molar-refractivity contribution is 6.30. The lowest BCUT2D eigenvalue weighted by Gasteiger charge is -2.10. The van der Waals surface area contributed by atoms with Crippen molar-refractivity contribution in [3.05, 3.63) is 107 Å². The first-order chi connectivity index (χ1) is 15.5. The van der Waals surface area contributed by atoms with Crippen LogP contribution in [0.4, 0.5) is 5.69 Å². The first kappa shape index (κ1) is 23.0. The van der Waals surface area contributed by atoms with E-state index < -0.39 is 5.97 Å². The number of amides is 1. The molecule has 162 valence electrons. The molecular weight excluding hydrogens is 424 g/mol. The molecule has 2 aromatic carbocycles. The van der Waals surface area contributed by atoms with Crippen molar-refractivity contribution in [1.82, 2.24) is 4.98 Å². The molecule has 3 aromatic rings. The smallest absolute Gasteiger partial charge is 0.303 e. The van der Waals surface area contributed by atoms with Crippen molar-refractivity contribution < 1.29 is 14.7 Å². The Labute approximate surface area is 192 Å². The minimum absolute atomic E-state index is 0.129. The first-order valence-electron chi connectivity index (χ1n) is 10.2. The van der Waals surface area contributed by atoms with Crippen LogP contribution in [0.3, 0.4) is 0 Å². The molecule has 1 amide bonds. The van der Waals surface area contributed by atoms with Crippen LogP contribution < -0.4 is 5.32 Å². The van der Waals surface area contributed by atoms with Gasteiger partial charge in [-0.2, -0.15) is 0 Å². The van der Waals surface area contributed by atoms with Crippen molar-refractivity contribution >= 4 is 40.8 Å². The van der Waals surface area contributed by atoms with Gasteiger partial charge in [-0.25, -0.2) is 0 Å². The summed E-state index contributed by atoms with van der Waals surface area (Å²) in [6, 6.07) is 18.6. The van der Waals surface area contributed by atoms with Crippen molar-refractivity contribution in [3.63, 3.8) is 0 Å². The quantitative estimate of drug-likeness (QED) is 0.308. The molecule has 0 atom stereocenters. The molecule has 2 N–H and O–H groups in total. The molecule has 0 fully saturated rings. The van der Waals surface area contributed by atoms with Gasteiger partial charge in [-0.3, -0.25) is 14.6 Å². The first-order valence-corrected chi connectivity index (χ1v) is 10.6. The SMILES string of the molecule is O=C(O)CCC/C=C(/c1ccc(NC(=O)/C=C/c2cccc(Cl)c2)cc1)c1cccnc1. The van der Waals surface area contributed by atoms with Crippen LogP contribution in [0.15, 0.2) is 85.2 Å². The fraction of sp³-hybridized carbons (Fsp3) is 0.115. The molecule has 0 saturated carbocycles. The van der Waals surface area contributed by atoms with Crippen molar-refractivity contribution in [2.45, 2.75) is 19.3 Å². The van der Waals surface area contributed by atoms with Crippen LogP contribution in [0.1, 0.15) is 36.0 Å². The van der Waals surface area contributed by atoms with Crippen LogP contribution in [0.2, 0.25) is 5.02 Å². The van der Waals surface area contributed by atoms with Gasteiger partial charge in [0.25, 0.3) is 0 Å². The second kappa shape index (κ2) is 11.6. The van der Waals surface area contributed by atoms with Crippen molar-refractivity contribution in [2.24, 2.45) is 0 Å². The molecular formula is C26H23ClN2O3. The van der Waals surface area contributed by atoms with E-state index in [1.807, 2.05) is 54.6 Å². The number of hydrogen-bond acceptors (Lipinski definition) is 3. The lowest BCUT2D eigenvalue weighted by Crippen LogP contribution is -2.07. The van der Waals surface area contributed by atoms with Gasteiger partial charge in [-0.15, -0.1) is 0 Å². The summed E-state index contributed by atoms with van der Waals surface area (Å²) < 4.78 is 0. The number of rotatable bonds is 9. The molecule has 6 heteroatoms. The Bertz CT molecular complexity index is 1120. The monoisotopic (exact) mass is 446 g/mol. The standard InChI is InChI=1S/C26H23ClN2O3/c27-22-7-3-5-19(17-22)10-15-25(30)29-23-13-11-20(12-14-23)24(8-1-2-9-26(31)32)21-6-4-16-28-18-21/h3-8,10-18H,1-2,9H2,(H,29,30)(H,31,32)/b15-10+,24-8-. The third-order valence-corrected chi connectivity index (χ3v) is 4.89. The van der Waals surface area contributed by atoms with E-state index in [0.29, 0.717) is 23.6 Å². The number of carboxylic acid groups (broad SMARTS) is 1. The molecule has 0 saturated heterocycles. The van der Waals surface area contributed by atoms with Crippen LogP contribution in [-0.2, 0) is 9.59 Å². The van der Waals surface area contributed by atoms with E-state index >= 15 is 0 Å². The van der Waals surface area contributed by atoms with E-state index in [-0.39, 0.29) is 12.3 Å². The zero-order valence-corrected chi connectivity index (χ0v) is 18.1. The van der Waals surface area contributed by atoms with E-state index in [2.05, 4.69) is 10.3 Å². The summed E-state index contributed by atoms with van der Waals surface area (Å²) in [6.07, 6.45) is 10.0. The molecule has 3 rings (SSSR count). The van der Waals surface area contributed by atoms with Crippen LogP contribution in [0.25, 0.3) is 11.6 Å². The number of hydrogen-bond donors (Lipinski definition) is 2. The van der Waals surface area contributed by atoms with Crippen molar-refractivity contribution in [3.8, 4) is 0 Å². The molecule has 5 nitrogen and oxygen atoms in total. The summed E-state index contributed by atoms with van der Waals surface area (Å²) in [6.45, 7) is 0. The number of aromatic nitrogens is 1. The second-order valence-electron chi connectivity index (χ2n) is 7.10. The number of pyridine rings is 1. The average molecular weight is 447 g/mol. The second-order valence-corrected chi connectivity index (χ2v) is 7.54. The van der Waals surface area contributed by atoms with E-state index in [0.717, 1.165) is 22.3 Å². The van der Waals surface area contributed by atoms with Gasteiger partial charge in [0.05, 0.1) is 0 Å². The zero-order valence-electron chi connectivity index (χ0n) is 17.4. The topological polar surface area (TPSA) is 79.3 Å². The maximum Gasteiger partial charge on any atom is 0.303 e. The summed E-state index contributed by atoms with van der Waals surface area (Å²) in [4.78, 5) is 27.2. The van der Waals surface area contributed by atoms with Crippen LogP contribution in [0, 0.1) is 0 Å². The van der Waals surface area contributed by atoms with Gasteiger partial charge in [0.1, 0.15) is 0 Å². The van der Waals surface area contributed by atoms with Crippen LogP contribution in [0.5, 0.6) is 0 Å². The summed E-state index contributed by atoms with van der Waals surface area (Å²) in [5.74, 6) is -1.04. The zero-order chi connectivity index (χ0) is 22.8. The fourth-order valence-corrected chi connectivity index (χ4v) is 3.32. The minimum atomic E-state index is -0.800. The van der Waals surface area contributed by atoms with Gasteiger partial charge in [-0.1, -0.05) is 48.0 Å². The van der Waals surface area contributed by atoms with Gasteiger partial charge in [0.15, 0.2) is 0 Å². The maximum absolute atomic E-state index is 12.2. The largest absolute Gasteiger partial charge is 0.481 e. The molecule has 1 heterocycles. The molecule has 0 bridgehead atoms. The van der Waals surface area contributed by atoms with Gasteiger partial charge >= 0.3 is 5.97 Å². The molecule has 32 heavy (non-hydrogen) atoms. The highest BCUT2D eigenvalue weighted by atomic mass is 35.5. The summed E-state index contributed by atoms with van der Waals surface area (Å²) in [7, 11) is 0.